The van der Waals surface area contributed by atoms with Gasteiger partial charge in [0.15, 0.2) is 0 Å². The van der Waals surface area contributed by atoms with Crippen LogP contribution in [0.5, 0.6) is 0 Å². The van der Waals surface area contributed by atoms with Gasteiger partial charge in [-0.15, -0.1) is 0 Å². The van der Waals surface area contributed by atoms with Gasteiger partial charge in [-0.2, -0.15) is 0 Å². The van der Waals surface area contributed by atoms with Crippen LogP contribution < -0.4 is 4.72 Å². The zero-order valence-electron chi connectivity index (χ0n) is 12.3. The lowest BCUT2D eigenvalue weighted by Crippen LogP contribution is -2.41. The molecule has 0 bridgehead atoms. The van der Waals surface area contributed by atoms with Crippen molar-refractivity contribution in [3.63, 3.8) is 0 Å². The van der Waals surface area contributed by atoms with E-state index >= 15 is 0 Å². The summed E-state index contributed by atoms with van der Waals surface area (Å²) in [6, 6.07) is 7.71. The lowest BCUT2D eigenvalue weighted by atomic mass is 10.2. The molecular weight excluding hydrogens is 288 g/mol. The molecule has 1 aliphatic rings. The molecule has 0 unspecified atom stereocenters. The molecule has 1 heterocycles. The van der Waals surface area contributed by atoms with Gasteiger partial charge in [0.2, 0.25) is 10.0 Å². The van der Waals surface area contributed by atoms with Gasteiger partial charge < -0.3 is 4.74 Å². The average Bonchev–Trinajstić information content (AvgIpc) is 2.48. The van der Waals surface area contributed by atoms with Crippen LogP contribution in [-0.4, -0.2) is 52.7 Å². The summed E-state index contributed by atoms with van der Waals surface area (Å²) in [7, 11) is -3.38. The van der Waals surface area contributed by atoms with Crippen LogP contribution in [0.25, 0.3) is 6.08 Å². The third-order valence-electron chi connectivity index (χ3n) is 3.35. The second-order valence-electron chi connectivity index (χ2n) is 5.11. The van der Waals surface area contributed by atoms with Crippen molar-refractivity contribution in [2.24, 2.45) is 0 Å². The highest BCUT2D eigenvalue weighted by atomic mass is 32.2. The minimum atomic E-state index is -3.38. The predicted octanol–water partition coefficient (Wildman–Crippen LogP) is 1.22. The quantitative estimate of drug-likeness (QED) is 0.858. The number of hydrogen-bond donors (Lipinski definition) is 1. The molecule has 116 valence electrons. The minimum Gasteiger partial charge on any atom is -0.379 e. The Kier molecular flexibility index (Phi) is 5.93. The highest BCUT2D eigenvalue weighted by molar-refractivity contribution is 7.92. The molecule has 1 fully saturated rings. The van der Waals surface area contributed by atoms with Gasteiger partial charge in [0.1, 0.15) is 0 Å². The van der Waals surface area contributed by atoms with Gasteiger partial charge in [0.25, 0.3) is 0 Å². The number of ether oxygens (including phenoxy) is 1. The number of benzene rings is 1. The topological polar surface area (TPSA) is 58.6 Å². The first-order chi connectivity index (χ1) is 10.1. The third kappa shape index (κ3) is 5.97. The monoisotopic (exact) mass is 310 g/mol. The van der Waals surface area contributed by atoms with Gasteiger partial charge >= 0.3 is 0 Å². The van der Waals surface area contributed by atoms with E-state index in [9.17, 15) is 8.42 Å². The first kappa shape index (κ1) is 16.2. The summed E-state index contributed by atoms with van der Waals surface area (Å²) in [4.78, 5) is 2.19. The van der Waals surface area contributed by atoms with E-state index in [1.807, 2.05) is 31.2 Å². The van der Waals surface area contributed by atoms with Crippen molar-refractivity contribution in [3.8, 4) is 0 Å². The van der Waals surface area contributed by atoms with Crippen LogP contribution in [0.4, 0.5) is 0 Å². The van der Waals surface area contributed by atoms with Crippen molar-refractivity contribution in [1.82, 2.24) is 9.62 Å². The first-order valence-corrected chi connectivity index (χ1v) is 8.64. The highest BCUT2D eigenvalue weighted by Gasteiger charge is 2.11. The zero-order valence-corrected chi connectivity index (χ0v) is 13.1. The smallest absolute Gasteiger partial charge is 0.233 e. The van der Waals surface area contributed by atoms with E-state index in [2.05, 4.69) is 9.62 Å². The largest absolute Gasteiger partial charge is 0.379 e. The molecule has 0 aromatic heterocycles. The van der Waals surface area contributed by atoms with E-state index in [4.69, 9.17) is 4.74 Å². The molecular formula is C15H22N2O3S. The van der Waals surface area contributed by atoms with Gasteiger partial charge in [-0.1, -0.05) is 29.8 Å². The second-order valence-corrected chi connectivity index (χ2v) is 6.76. The van der Waals surface area contributed by atoms with Crippen molar-refractivity contribution in [2.75, 3.05) is 39.4 Å². The molecule has 0 atom stereocenters. The van der Waals surface area contributed by atoms with Crippen molar-refractivity contribution < 1.29 is 13.2 Å². The van der Waals surface area contributed by atoms with Crippen molar-refractivity contribution in [2.45, 2.75) is 6.92 Å². The number of aryl methyl sites for hydroxylation is 1. The maximum absolute atomic E-state index is 11.9. The molecule has 0 spiro atoms. The lowest BCUT2D eigenvalue weighted by Gasteiger charge is -2.26. The average molecular weight is 310 g/mol. The first-order valence-electron chi connectivity index (χ1n) is 7.10. The van der Waals surface area contributed by atoms with E-state index in [0.717, 1.165) is 37.4 Å². The Bertz CT molecular complexity index is 561. The van der Waals surface area contributed by atoms with E-state index < -0.39 is 10.0 Å². The summed E-state index contributed by atoms with van der Waals surface area (Å²) in [6.45, 7) is 6.29. The van der Waals surface area contributed by atoms with E-state index in [1.165, 1.54) is 5.41 Å². The van der Waals surface area contributed by atoms with Gasteiger partial charge in [-0.3, -0.25) is 4.90 Å². The van der Waals surface area contributed by atoms with Crippen LogP contribution in [0.1, 0.15) is 11.1 Å². The molecule has 0 saturated carbocycles. The Morgan fingerprint density at radius 3 is 2.57 bits per heavy atom. The van der Waals surface area contributed by atoms with Crippen LogP contribution in [0.2, 0.25) is 0 Å². The van der Waals surface area contributed by atoms with Crippen LogP contribution >= 0.6 is 0 Å². The maximum atomic E-state index is 11.9. The Balaban J connectivity index is 1.79. The molecule has 5 nitrogen and oxygen atoms in total. The van der Waals surface area contributed by atoms with Gasteiger partial charge in [0.05, 0.1) is 13.2 Å². The molecule has 1 aromatic carbocycles. The number of sulfonamides is 1. The molecule has 6 heteroatoms. The Morgan fingerprint density at radius 1 is 1.24 bits per heavy atom. The molecule has 0 aliphatic carbocycles. The molecule has 1 N–H and O–H groups in total. The number of hydrogen-bond acceptors (Lipinski definition) is 4. The molecule has 0 amide bonds. The van der Waals surface area contributed by atoms with Crippen molar-refractivity contribution in [3.05, 3.63) is 40.8 Å². The van der Waals surface area contributed by atoms with E-state index in [-0.39, 0.29) is 0 Å². The SMILES string of the molecule is Cc1ccc(/C=C\S(=O)(=O)NCCN2CCOCC2)cc1. The van der Waals surface area contributed by atoms with Gasteiger partial charge in [0, 0.05) is 31.6 Å². The maximum Gasteiger partial charge on any atom is 0.233 e. The Labute approximate surface area is 126 Å². The van der Waals surface area contributed by atoms with Crippen molar-refractivity contribution >= 4 is 16.1 Å². The third-order valence-corrected chi connectivity index (χ3v) is 4.45. The summed E-state index contributed by atoms with van der Waals surface area (Å²) < 4.78 is 31.6. The van der Waals surface area contributed by atoms with Crippen LogP contribution in [-0.2, 0) is 14.8 Å². The normalized spacial score (nSPS) is 17.4. The fraction of sp³-hybridized carbons (Fsp3) is 0.467. The van der Waals surface area contributed by atoms with Crippen LogP contribution in [0, 0.1) is 6.92 Å². The lowest BCUT2D eigenvalue weighted by molar-refractivity contribution is 0.0390. The standard InChI is InChI=1S/C15H22N2O3S/c1-14-2-4-15(5-3-14)6-13-21(18,19)16-7-8-17-9-11-20-12-10-17/h2-6,13,16H,7-12H2,1H3/b13-6-. The molecule has 2 rings (SSSR count). The number of rotatable bonds is 6. The summed E-state index contributed by atoms with van der Waals surface area (Å²) in [5.41, 5.74) is 2.03. The van der Waals surface area contributed by atoms with Crippen LogP contribution in [0.15, 0.2) is 29.7 Å². The molecule has 21 heavy (non-hydrogen) atoms. The van der Waals surface area contributed by atoms with Gasteiger partial charge in [-0.05, 0) is 18.6 Å². The second kappa shape index (κ2) is 7.70. The van der Waals surface area contributed by atoms with E-state index in [0.29, 0.717) is 13.1 Å². The van der Waals surface area contributed by atoms with Crippen molar-refractivity contribution in [1.29, 1.82) is 0 Å². The highest BCUT2D eigenvalue weighted by Crippen LogP contribution is 2.06. The fourth-order valence-electron chi connectivity index (χ4n) is 2.06. The number of nitrogens with one attached hydrogen (secondary N) is 1. The summed E-state index contributed by atoms with van der Waals surface area (Å²) in [5.74, 6) is 0. The molecule has 1 aliphatic heterocycles. The zero-order chi connectivity index (χ0) is 15.1. The molecule has 1 aromatic rings. The van der Waals surface area contributed by atoms with Gasteiger partial charge in [-0.25, -0.2) is 13.1 Å². The fourth-order valence-corrected chi connectivity index (χ4v) is 2.87. The minimum absolute atomic E-state index is 0.417. The van der Waals surface area contributed by atoms with E-state index in [1.54, 1.807) is 6.08 Å². The summed E-state index contributed by atoms with van der Waals surface area (Å²) in [5, 5.41) is 1.22. The number of morpholine rings is 1. The van der Waals surface area contributed by atoms with Crippen LogP contribution in [0.3, 0.4) is 0 Å². The summed E-state index contributed by atoms with van der Waals surface area (Å²) in [6.07, 6.45) is 1.61. The summed E-state index contributed by atoms with van der Waals surface area (Å²) >= 11 is 0. The Hall–Kier alpha value is -1.21. The molecule has 0 radical (unpaired) electrons. The molecule has 1 saturated heterocycles. The number of nitrogens with zero attached hydrogens (tertiary/aromatic N) is 1. The Morgan fingerprint density at radius 2 is 1.90 bits per heavy atom. The predicted molar refractivity (Wildman–Crippen MR) is 84.4 cm³/mol.